The first-order valence-electron chi connectivity index (χ1n) is 6.22. The van der Waals surface area contributed by atoms with Crippen molar-refractivity contribution in [3.05, 3.63) is 29.1 Å². The van der Waals surface area contributed by atoms with Gasteiger partial charge >= 0.3 is 0 Å². The molecule has 1 N–H and O–H groups in total. The molecule has 1 aromatic carbocycles. The number of rotatable bonds is 3. The van der Waals surface area contributed by atoms with Gasteiger partial charge in [0.15, 0.2) is 0 Å². The summed E-state index contributed by atoms with van der Waals surface area (Å²) in [5.74, 6) is 0.128. The Balaban J connectivity index is 2.04. The third kappa shape index (κ3) is 2.99. The molecule has 0 aromatic heterocycles. The maximum atomic E-state index is 13.6. The summed E-state index contributed by atoms with van der Waals surface area (Å²) in [6.45, 7) is 4.08. The van der Waals surface area contributed by atoms with E-state index >= 15 is 0 Å². The van der Waals surface area contributed by atoms with Gasteiger partial charge in [0.2, 0.25) is 0 Å². The predicted octanol–water partition coefficient (Wildman–Crippen LogP) is 2.84. The molecule has 0 amide bonds. The SMILES string of the molecule is Cc1c(F)cc(C#N)cc1NCC1CCCOC1. The molecule has 0 saturated carbocycles. The van der Waals surface area contributed by atoms with E-state index in [9.17, 15) is 4.39 Å². The Labute approximate surface area is 107 Å². The lowest BCUT2D eigenvalue weighted by Gasteiger charge is -2.23. The molecule has 1 fully saturated rings. The van der Waals surface area contributed by atoms with E-state index in [2.05, 4.69) is 5.32 Å². The van der Waals surface area contributed by atoms with Gasteiger partial charge in [0, 0.05) is 24.4 Å². The Morgan fingerprint density at radius 2 is 2.39 bits per heavy atom. The van der Waals surface area contributed by atoms with E-state index in [1.165, 1.54) is 6.07 Å². The minimum Gasteiger partial charge on any atom is -0.384 e. The summed E-state index contributed by atoms with van der Waals surface area (Å²) in [7, 11) is 0. The number of halogens is 1. The van der Waals surface area contributed by atoms with Crippen molar-refractivity contribution in [3.8, 4) is 6.07 Å². The lowest BCUT2D eigenvalue weighted by atomic mass is 10.0. The van der Waals surface area contributed by atoms with Crippen LogP contribution in [0.3, 0.4) is 0 Å². The van der Waals surface area contributed by atoms with E-state index in [1.807, 2.05) is 6.07 Å². The molecule has 1 aliphatic rings. The van der Waals surface area contributed by atoms with Crippen molar-refractivity contribution in [2.24, 2.45) is 5.92 Å². The summed E-state index contributed by atoms with van der Waals surface area (Å²) in [6.07, 6.45) is 2.21. The van der Waals surface area contributed by atoms with Gasteiger partial charge in [0.1, 0.15) is 5.82 Å². The second-order valence-corrected chi connectivity index (χ2v) is 4.71. The van der Waals surface area contributed by atoms with Gasteiger partial charge in [-0.05, 0) is 37.8 Å². The molecule has 1 aliphatic heterocycles. The Kier molecular flexibility index (Phi) is 4.16. The van der Waals surface area contributed by atoms with E-state index in [4.69, 9.17) is 10.00 Å². The van der Waals surface area contributed by atoms with Gasteiger partial charge in [-0.1, -0.05) is 0 Å². The normalized spacial score (nSPS) is 19.3. The van der Waals surface area contributed by atoms with Crippen LogP contribution in [0.15, 0.2) is 12.1 Å². The van der Waals surface area contributed by atoms with Crippen molar-refractivity contribution in [1.82, 2.24) is 0 Å². The van der Waals surface area contributed by atoms with Crippen molar-refractivity contribution in [2.75, 3.05) is 25.1 Å². The molecule has 2 rings (SSSR count). The first-order chi connectivity index (χ1) is 8.70. The standard InChI is InChI=1S/C14H17FN2O/c1-10-13(15)5-12(7-16)6-14(10)17-8-11-3-2-4-18-9-11/h5-6,11,17H,2-4,8-9H2,1H3. The first-order valence-corrected chi connectivity index (χ1v) is 6.22. The number of benzene rings is 1. The van der Waals surface area contributed by atoms with Gasteiger partial charge in [-0.3, -0.25) is 0 Å². The summed E-state index contributed by atoms with van der Waals surface area (Å²) in [5.41, 5.74) is 1.61. The van der Waals surface area contributed by atoms with Crippen LogP contribution >= 0.6 is 0 Å². The summed E-state index contributed by atoms with van der Waals surface area (Å²) < 4.78 is 19.0. The van der Waals surface area contributed by atoms with E-state index < -0.39 is 0 Å². The molecular weight excluding hydrogens is 231 g/mol. The molecule has 0 radical (unpaired) electrons. The lowest BCUT2D eigenvalue weighted by Crippen LogP contribution is -2.24. The number of nitrogens with one attached hydrogen (secondary N) is 1. The first kappa shape index (κ1) is 12.8. The van der Waals surface area contributed by atoms with Crippen LogP contribution in [0.1, 0.15) is 24.0 Å². The molecule has 4 heteroatoms. The van der Waals surface area contributed by atoms with Gasteiger partial charge < -0.3 is 10.1 Å². The Morgan fingerprint density at radius 1 is 1.56 bits per heavy atom. The van der Waals surface area contributed by atoms with Crippen LogP contribution in [-0.2, 0) is 4.74 Å². The second-order valence-electron chi connectivity index (χ2n) is 4.71. The number of anilines is 1. The average Bonchev–Trinajstić information content (AvgIpc) is 2.41. The Hall–Kier alpha value is -1.60. The maximum absolute atomic E-state index is 13.6. The molecule has 0 spiro atoms. The highest BCUT2D eigenvalue weighted by atomic mass is 19.1. The number of nitriles is 1. The highest BCUT2D eigenvalue weighted by Gasteiger charge is 2.14. The monoisotopic (exact) mass is 248 g/mol. The number of nitrogens with zero attached hydrogens (tertiary/aromatic N) is 1. The highest BCUT2D eigenvalue weighted by molar-refractivity contribution is 5.55. The molecule has 0 aliphatic carbocycles. The molecule has 3 nitrogen and oxygen atoms in total. The third-order valence-electron chi connectivity index (χ3n) is 3.31. The predicted molar refractivity (Wildman–Crippen MR) is 67.9 cm³/mol. The van der Waals surface area contributed by atoms with Gasteiger partial charge in [-0.2, -0.15) is 5.26 Å². The molecule has 1 saturated heterocycles. The van der Waals surface area contributed by atoms with Crippen molar-refractivity contribution in [1.29, 1.82) is 5.26 Å². The molecule has 1 aromatic rings. The highest BCUT2D eigenvalue weighted by Crippen LogP contribution is 2.22. The van der Waals surface area contributed by atoms with E-state index in [-0.39, 0.29) is 5.82 Å². The van der Waals surface area contributed by atoms with Crippen LogP contribution in [0.25, 0.3) is 0 Å². The van der Waals surface area contributed by atoms with Gasteiger partial charge in [0.05, 0.1) is 18.2 Å². The quantitative estimate of drug-likeness (QED) is 0.894. The van der Waals surface area contributed by atoms with Crippen LogP contribution in [0, 0.1) is 30.0 Å². The minimum atomic E-state index is -0.337. The molecule has 1 unspecified atom stereocenters. The van der Waals surface area contributed by atoms with Crippen LogP contribution in [-0.4, -0.2) is 19.8 Å². The lowest BCUT2D eigenvalue weighted by molar-refractivity contribution is 0.0595. The maximum Gasteiger partial charge on any atom is 0.129 e. The van der Waals surface area contributed by atoms with Crippen molar-refractivity contribution >= 4 is 5.69 Å². The molecule has 18 heavy (non-hydrogen) atoms. The molecule has 1 heterocycles. The smallest absolute Gasteiger partial charge is 0.129 e. The fourth-order valence-electron chi connectivity index (χ4n) is 2.15. The van der Waals surface area contributed by atoms with Crippen LogP contribution < -0.4 is 5.32 Å². The third-order valence-corrected chi connectivity index (χ3v) is 3.31. The summed E-state index contributed by atoms with van der Waals surface area (Å²) >= 11 is 0. The van der Waals surface area contributed by atoms with Crippen molar-refractivity contribution in [3.63, 3.8) is 0 Å². The van der Waals surface area contributed by atoms with Crippen molar-refractivity contribution < 1.29 is 9.13 Å². The topological polar surface area (TPSA) is 45.0 Å². The zero-order valence-corrected chi connectivity index (χ0v) is 10.5. The number of hydrogen-bond acceptors (Lipinski definition) is 3. The minimum absolute atomic E-state index is 0.337. The van der Waals surface area contributed by atoms with Crippen LogP contribution in [0.2, 0.25) is 0 Å². The number of hydrogen-bond donors (Lipinski definition) is 1. The zero-order valence-electron chi connectivity index (χ0n) is 10.5. The van der Waals surface area contributed by atoms with E-state index in [0.717, 1.165) is 32.6 Å². The molecular formula is C14H17FN2O. The van der Waals surface area contributed by atoms with Crippen molar-refractivity contribution in [2.45, 2.75) is 19.8 Å². The summed E-state index contributed by atoms with van der Waals surface area (Å²) in [6, 6.07) is 4.93. The van der Waals surface area contributed by atoms with Crippen LogP contribution in [0.4, 0.5) is 10.1 Å². The largest absolute Gasteiger partial charge is 0.384 e. The van der Waals surface area contributed by atoms with Gasteiger partial charge in [-0.25, -0.2) is 4.39 Å². The zero-order chi connectivity index (χ0) is 13.0. The van der Waals surface area contributed by atoms with Gasteiger partial charge in [-0.15, -0.1) is 0 Å². The van der Waals surface area contributed by atoms with E-state index in [1.54, 1.807) is 13.0 Å². The number of ether oxygens (including phenoxy) is 1. The van der Waals surface area contributed by atoms with Crippen LogP contribution in [0.5, 0.6) is 0 Å². The van der Waals surface area contributed by atoms with E-state index in [0.29, 0.717) is 22.7 Å². The Bertz CT molecular complexity index is 462. The fraction of sp³-hybridized carbons (Fsp3) is 0.500. The second kappa shape index (κ2) is 5.83. The molecule has 1 atom stereocenters. The van der Waals surface area contributed by atoms with Gasteiger partial charge in [0.25, 0.3) is 0 Å². The Morgan fingerprint density at radius 3 is 3.06 bits per heavy atom. The summed E-state index contributed by atoms with van der Waals surface area (Å²) in [5, 5.41) is 12.1. The average molecular weight is 248 g/mol. The molecule has 96 valence electrons. The molecule has 0 bridgehead atoms. The fourth-order valence-corrected chi connectivity index (χ4v) is 2.15. The summed E-state index contributed by atoms with van der Waals surface area (Å²) in [4.78, 5) is 0.